The zero-order valence-electron chi connectivity index (χ0n) is 12.1. The number of esters is 1. The number of nitrogens with zero attached hydrogens (tertiary/aromatic N) is 2. The zero-order chi connectivity index (χ0) is 16.9. The van der Waals surface area contributed by atoms with Gasteiger partial charge in [-0.3, -0.25) is 0 Å². The molecule has 0 aliphatic carbocycles. The Hall–Kier alpha value is -2.15. The molecule has 0 aliphatic rings. The Labute approximate surface area is 151 Å². The summed E-state index contributed by atoms with van der Waals surface area (Å²) in [6, 6.07) is 6.92. The van der Waals surface area contributed by atoms with Gasteiger partial charge >= 0.3 is 5.97 Å². The molecule has 0 unspecified atom stereocenters. The van der Waals surface area contributed by atoms with Crippen LogP contribution in [0.3, 0.4) is 0 Å². The van der Waals surface area contributed by atoms with Gasteiger partial charge in [-0.15, -0.1) is 0 Å². The first kappa shape index (κ1) is 16.7. The Morgan fingerprint density at radius 2 is 2.17 bits per heavy atom. The molecule has 3 aromatic rings. The number of carbonyl (C=O) groups excluding carboxylic acids is 1. The van der Waals surface area contributed by atoms with E-state index < -0.39 is 5.97 Å². The normalized spacial score (nSPS) is 11.1. The fraction of sp³-hybridized carbons (Fsp3) is 0.0625. The van der Waals surface area contributed by atoms with E-state index in [4.69, 9.17) is 32.5 Å². The van der Waals surface area contributed by atoms with Crippen molar-refractivity contribution in [1.29, 1.82) is 0 Å². The summed E-state index contributed by atoms with van der Waals surface area (Å²) < 4.78 is 10.1. The molecule has 0 radical (unpaired) electrons. The smallest absolute Gasteiger partial charge is 0.331 e. The molecule has 0 aliphatic heterocycles. The first-order valence-corrected chi connectivity index (χ1v) is 8.47. The van der Waals surface area contributed by atoms with E-state index in [1.807, 2.05) is 16.8 Å². The van der Waals surface area contributed by atoms with Gasteiger partial charge in [0.2, 0.25) is 5.82 Å². The van der Waals surface area contributed by atoms with E-state index >= 15 is 0 Å². The Balaban J connectivity index is 1.55. The van der Waals surface area contributed by atoms with Crippen molar-refractivity contribution >= 4 is 46.6 Å². The fourth-order valence-corrected chi connectivity index (χ4v) is 2.72. The Morgan fingerprint density at radius 1 is 1.29 bits per heavy atom. The molecule has 8 heteroatoms. The van der Waals surface area contributed by atoms with Crippen LogP contribution in [0.5, 0.6) is 0 Å². The highest BCUT2D eigenvalue weighted by Gasteiger charge is 2.10. The number of carbonyl (C=O) groups is 1. The number of halogens is 2. The summed E-state index contributed by atoms with van der Waals surface area (Å²) in [7, 11) is 0. The molecule has 3 rings (SSSR count). The van der Waals surface area contributed by atoms with Crippen molar-refractivity contribution in [2.75, 3.05) is 0 Å². The molecule has 5 nitrogen and oxygen atoms in total. The first-order valence-electron chi connectivity index (χ1n) is 6.77. The van der Waals surface area contributed by atoms with E-state index in [0.717, 1.165) is 11.1 Å². The second-order valence-corrected chi connectivity index (χ2v) is 6.23. The molecule has 2 aromatic heterocycles. The van der Waals surface area contributed by atoms with Crippen LogP contribution in [0, 0.1) is 0 Å². The standard InChI is InChI=1S/C16H10Cl2N2O3S/c17-12-3-1-10(7-13(12)18)2-4-15(21)22-8-14-19-16(20-23-14)11-5-6-24-9-11/h1-7,9H,8H2/b4-2+. The minimum Gasteiger partial charge on any atom is -0.452 e. The van der Waals surface area contributed by atoms with E-state index in [0.29, 0.717) is 15.9 Å². The van der Waals surface area contributed by atoms with Gasteiger partial charge in [0.1, 0.15) is 0 Å². The quantitative estimate of drug-likeness (QED) is 0.466. The van der Waals surface area contributed by atoms with Gasteiger partial charge in [-0.05, 0) is 35.2 Å². The van der Waals surface area contributed by atoms with E-state index in [1.165, 1.54) is 17.4 Å². The third-order valence-corrected chi connectivity index (χ3v) is 4.36. The summed E-state index contributed by atoms with van der Waals surface area (Å²) in [5, 5.41) is 8.52. The van der Waals surface area contributed by atoms with Crippen molar-refractivity contribution in [1.82, 2.24) is 10.1 Å². The van der Waals surface area contributed by atoms with E-state index in [2.05, 4.69) is 10.1 Å². The Bertz CT molecular complexity index is 875. The summed E-state index contributed by atoms with van der Waals surface area (Å²) in [6.45, 7) is -0.0956. The topological polar surface area (TPSA) is 65.2 Å². The van der Waals surface area contributed by atoms with Crippen LogP contribution in [0.25, 0.3) is 17.5 Å². The van der Waals surface area contributed by atoms with Crippen LogP contribution in [0.4, 0.5) is 0 Å². The summed E-state index contributed by atoms with van der Waals surface area (Å²) in [5.74, 6) is 0.164. The maximum absolute atomic E-state index is 11.7. The van der Waals surface area contributed by atoms with Crippen molar-refractivity contribution in [2.24, 2.45) is 0 Å². The van der Waals surface area contributed by atoms with E-state index in [9.17, 15) is 4.79 Å². The van der Waals surface area contributed by atoms with Crippen LogP contribution in [0.15, 0.2) is 45.6 Å². The summed E-state index contributed by atoms with van der Waals surface area (Å²) in [5.41, 5.74) is 1.60. The number of thiophene rings is 1. The van der Waals surface area contributed by atoms with Gasteiger partial charge in [-0.1, -0.05) is 34.4 Å². The second kappa shape index (κ2) is 7.61. The van der Waals surface area contributed by atoms with Gasteiger partial charge < -0.3 is 9.26 Å². The lowest BCUT2D eigenvalue weighted by molar-refractivity contribution is -0.139. The van der Waals surface area contributed by atoms with Crippen LogP contribution in [-0.4, -0.2) is 16.1 Å². The maximum atomic E-state index is 11.7. The number of hydrogen-bond acceptors (Lipinski definition) is 6. The molecule has 24 heavy (non-hydrogen) atoms. The maximum Gasteiger partial charge on any atom is 0.331 e. The molecule has 2 heterocycles. The summed E-state index contributed by atoms with van der Waals surface area (Å²) in [4.78, 5) is 15.9. The van der Waals surface area contributed by atoms with Gasteiger partial charge in [0.25, 0.3) is 5.89 Å². The highest BCUT2D eigenvalue weighted by molar-refractivity contribution is 7.08. The van der Waals surface area contributed by atoms with Crippen LogP contribution >= 0.6 is 34.5 Å². The van der Waals surface area contributed by atoms with Gasteiger partial charge in [0.15, 0.2) is 6.61 Å². The molecule has 0 saturated carbocycles. The molecular weight excluding hydrogens is 371 g/mol. The van der Waals surface area contributed by atoms with E-state index in [-0.39, 0.29) is 12.5 Å². The van der Waals surface area contributed by atoms with Gasteiger partial charge in [0.05, 0.1) is 10.0 Å². The predicted octanol–water partition coefficient (Wildman–Crippen LogP) is 4.86. The van der Waals surface area contributed by atoms with Crippen LogP contribution in [-0.2, 0) is 16.1 Å². The summed E-state index contributed by atoms with van der Waals surface area (Å²) in [6.07, 6.45) is 2.87. The van der Waals surface area contributed by atoms with E-state index in [1.54, 1.807) is 24.3 Å². The molecule has 122 valence electrons. The van der Waals surface area contributed by atoms with Crippen molar-refractivity contribution in [3.8, 4) is 11.4 Å². The summed E-state index contributed by atoms with van der Waals surface area (Å²) >= 11 is 13.3. The molecule has 0 amide bonds. The number of hydrogen-bond donors (Lipinski definition) is 0. The first-order chi connectivity index (χ1) is 11.6. The molecule has 0 spiro atoms. The van der Waals surface area contributed by atoms with Gasteiger partial charge in [-0.2, -0.15) is 16.3 Å². The van der Waals surface area contributed by atoms with Crippen LogP contribution in [0.1, 0.15) is 11.5 Å². The van der Waals surface area contributed by atoms with Crippen molar-refractivity contribution in [3.63, 3.8) is 0 Å². The largest absolute Gasteiger partial charge is 0.452 e. The second-order valence-electron chi connectivity index (χ2n) is 4.64. The molecule has 0 saturated heterocycles. The Kier molecular flexibility index (Phi) is 5.30. The molecule has 0 N–H and O–H groups in total. The minimum absolute atomic E-state index is 0.0956. The average molecular weight is 381 g/mol. The van der Waals surface area contributed by atoms with Crippen LogP contribution < -0.4 is 0 Å². The SMILES string of the molecule is O=C(/C=C/c1ccc(Cl)c(Cl)c1)OCc1nc(-c2ccsc2)no1. The van der Waals surface area contributed by atoms with Crippen molar-refractivity contribution in [3.05, 3.63) is 62.6 Å². The number of rotatable bonds is 5. The molecule has 0 fully saturated rings. The molecule has 1 aromatic carbocycles. The highest BCUT2D eigenvalue weighted by Crippen LogP contribution is 2.23. The number of benzene rings is 1. The average Bonchev–Trinajstić information content (AvgIpc) is 3.25. The Morgan fingerprint density at radius 3 is 2.92 bits per heavy atom. The molecule has 0 atom stereocenters. The van der Waals surface area contributed by atoms with Crippen molar-refractivity contribution in [2.45, 2.75) is 6.61 Å². The third kappa shape index (κ3) is 4.23. The lowest BCUT2D eigenvalue weighted by Gasteiger charge is -1.98. The molecular formula is C16H10Cl2N2O3S. The third-order valence-electron chi connectivity index (χ3n) is 2.94. The molecule has 0 bridgehead atoms. The zero-order valence-corrected chi connectivity index (χ0v) is 14.4. The monoisotopic (exact) mass is 380 g/mol. The van der Waals surface area contributed by atoms with Gasteiger partial charge in [0, 0.05) is 17.0 Å². The lowest BCUT2D eigenvalue weighted by atomic mass is 10.2. The fourth-order valence-electron chi connectivity index (χ4n) is 1.78. The number of ether oxygens (including phenoxy) is 1. The highest BCUT2D eigenvalue weighted by atomic mass is 35.5. The van der Waals surface area contributed by atoms with Crippen LogP contribution in [0.2, 0.25) is 10.0 Å². The lowest BCUT2D eigenvalue weighted by Crippen LogP contribution is -2.00. The van der Waals surface area contributed by atoms with Gasteiger partial charge in [-0.25, -0.2) is 4.79 Å². The predicted molar refractivity (Wildman–Crippen MR) is 92.9 cm³/mol. The number of aromatic nitrogens is 2. The minimum atomic E-state index is -0.531. The van der Waals surface area contributed by atoms with Crippen molar-refractivity contribution < 1.29 is 14.1 Å².